The number of aromatic nitrogens is 2. The van der Waals surface area contributed by atoms with Gasteiger partial charge in [0, 0.05) is 19.8 Å². The monoisotopic (exact) mass is 291 g/mol. The SMILES string of the molecule is CC(=Cc1ccc(N(C)C)cc1)c1nc2ccc(C)cc2[nH]1. The number of aromatic amines is 1. The Morgan fingerprint density at radius 1 is 1.09 bits per heavy atom. The molecule has 0 unspecified atom stereocenters. The minimum absolute atomic E-state index is 0.928. The summed E-state index contributed by atoms with van der Waals surface area (Å²) < 4.78 is 0. The van der Waals surface area contributed by atoms with Crippen molar-refractivity contribution >= 4 is 28.4 Å². The summed E-state index contributed by atoms with van der Waals surface area (Å²) in [5.41, 5.74) is 6.85. The van der Waals surface area contributed by atoms with E-state index in [0.29, 0.717) is 0 Å². The predicted molar refractivity (Wildman–Crippen MR) is 95.1 cm³/mol. The van der Waals surface area contributed by atoms with E-state index in [9.17, 15) is 0 Å². The summed E-state index contributed by atoms with van der Waals surface area (Å²) in [4.78, 5) is 10.2. The van der Waals surface area contributed by atoms with E-state index in [-0.39, 0.29) is 0 Å². The van der Waals surface area contributed by atoms with E-state index < -0.39 is 0 Å². The highest BCUT2D eigenvalue weighted by atomic mass is 15.1. The molecule has 3 heteroatoms. The number of hydrogen-bond donors (Lipinski definition) is 1. The lowest BCUT2D eigenvalue weighted by Crippen LogP contribution is -2.07. The standard InChI is InChI=1S/C19H21N3/c1-13-5-10-17-18(11-13)21-19(20-17)14(2)12-15-6-8-16(9-7-15)22(3)4/h5-12H,1-4H3,(H,20,21). The predicted octanol–water partition coefficient (Wildman–Crippen LogP) is 4.50. The van der Waals surface area contributed by atoms with Crippen LogP contribution in [0.1, 0.15) is 23.9 Å². The average molecular weight is 291 g/mol. The summed E-state index contributed by atoms with van der Waals surface area (Å²) >= 11 is 0. The third-order valence-electron chi connectivity index (χ3n) is 3.80. The number of anilines is 1. The number of nitrogens with zero attached hydrogens (tertiary/aromatic N) is 2. The van der Waals surface area contributed by atoms with Crippen molar-refractivity contribution in [2.45, 2.75) is 13.8 Å². The molecule has 2 aromatic carbocycles. The Morgan fingerprint density at radius 3 is 2.50 bits per heavy atom. The van der Waals surface area contributed by atoms with Gasteiger partial charge in [0.25, 0.3) is 0 Å². The van der Waals surface area contributed by atoms with Crippen molar-refractivity contribution < 1.29 is 0 Å². The zero-order chi connectivity index (χ0) is 15.7. The third-order valence-corrected chi connectivity index (χ3v) is 3.80. The first kappa shape index (κ1) is 14.4. The average Bonchev–Trinajstić information content (AvgIpc) is 2.91. The molecule has 0 aliphatic heterocycles. The van der Waals surface area contributed by atoms with Gasteiger partial charge in [0.2, 0.25) is 0 Å². The molecule has 0 fully saturated rings. The van der Waals surface area contributed by atoms with Crippen LogP contribution in [0, 0.1) is 6.92 Å². The van der Waals surface area contributed by atoms with Crippen LogP contribution in [0.4, 0.5) is 5.69 Å². The molecule has 112 valence electrons. The Balaban J connectivity index is 1.92. The van der Waals surface area contributed by atoms with Crippen molar-refractivity contribution in [2.24, 2.45) is 0 Å². The van der Waals surface area contributed by atoms with E-state index in [1.54, 1.807) is 0 Å². The lowest BCUT2D eigenvalue weighted by Gasteiger charge is -2.11. The zero-order valence-electron chi connectivity index (χ0n) is 13.5. The summed E-state index contributed by atoms with van der Waals surface area (Å²) in [5.74, 6) is 0.928. The smallest absolute Gasteiger partial charge is 0.134 e. The van der Waals surface area contributed by atoms with Gasteiger partial charge in [0.1, 0.15) is 5.82 Å². The Labute approximate surface area is 131 Å². The van der Waals surface area contributed by atoms with Crippen LogP contribution in [0.25, 0.3) is 22.7 Å². The van der Waals surface area contributed by atoms with Crippen molar-refractivity contribution in [1.82, 2.24) is 9.97 Å². The van der Waals surface area contributed by atoms with Crippen molar-refractivity contribution in [3.05, 3.63) is 59.4 Å². The molecule has 0 aliphatic rings. The maximum Gasteiger partial charge on any atom is 0.134 e. The van der Waals surface area contributed by atoms with E-state index in [1.165, 1.54) is 16.8 Å². The number of hydrogen-bond acceptors (Lipinski definition) is 2. The van der Waals surface area contributed by atoms with Gasteiger partial charge in [0.15, 0.2) is 0 Å². The first-order valence-electron chi connectivity index (χ1n) is 7.45. The second-order valence-electron chi connectivity index (χ2n) is 5.92. The minimum atomic E-state index is 0.928. The van der Waals surface area contributed by atoms with Crippen molar-refractivity contribution in [3.8, 4) is 0 Å². The summed E-state index contributed by atoms with van der Waals surface area (Å²) in [5, 5.41) is 0. The van der Waals surface area contributed by atoms with Gasteiger partial charge in [-0.1, -0.05) is 18.2 Å². The normalized spacial score (nSPS) is 11.9. The molecule has 0 radical (unpaired) electrons. The fourth-order valence-corrected chi connectivity index (χ4v) is 2.50. The van der Waals surface area contributed by atoms with Crippen LogP contribution < -0.4 is 4.90 Å². The molecule has 1 N–H and O–H groups in total. The molecule has 3 nitrogen and oxygen atoms in total. The van der Waals surface area contributed by atoms with E-state index in [1.807, 2.05) is 14.1 Å². The van der Waals surface area contributed by atoms with Crippen LogP contribution in [0.15, 0.2) is 42.5 Å². The Kier molecular flexibility index (Phi) is 3.72. The van der Waals surface area contributed by atoms with Gasteiger partial charge in [0.05, 0.1) is 11.0 Å². The first-order valence-corrected chi connectivity index (χ1v) is 7.45. The fraction of sp³-hybridized carbons (Fsp3) is 0.211. The van der Waals surface area contributed by atoms with Crippen LogP contribution in [0.2, 0.25) is 0 Å². The zero-order valence-corrected chi connectivity index (χ0v) is 13.5. The summed E-state index contributed by atoms with van der Waals surface area (Å²) in [6, 6.07) is 14.8. The van der Waals surface area contributed by atoms with E-state index >= 15 is 0 Å². The Bertz CT molecular complexity index is 824. The second kappa shape index (κ2) is 5.68. The molecule has 0 amide bonds. The topological polar surface area (TPSA) is 31.9 Å². The molecule has 1 heterocycles. The summed E-state index contributed by atoms with van der Waals surface area (Å²) in [6.45, 7) is 4.18. The Morgan fingerprint density at radius 2 is 1.82 bits per heavy atom. The molecule has 3 rings (SSSR count). The van der Waals surface area contributed by atoms with Crippen molar-refractivity contribution in [3.63, 3.8) is 0 Å². The largest absolute Gasteiger partial charge is 0.378 e. The molecule has 22 heavy (non-hydrogen) atoms. The van der Waals surface area contributed by atoms with Gasteiger partial charge < -0.3 is 9.88 Å². The molecule has 0 spiro atoms. The van der Waals surface area contributed by atoms with E-state index in [4.69, 9.17) is 0 Å². The lowest BCUT2D eigenvalue weighted by molar-refractivity contribution is 1.13. The number of benzene rings is 2. The van der Waals surface area contributed by atoms with Gasteiger partial charge in [-0.2, -0.15) is 0 Å². The Hall–Kier alpha value is -2.55. The molecule has 0 bridgehead atoms. The number of rotatable bonds is 3. The molecule has 0 atom stereocenters. The highest BCUT2D eigenvalue weighted by Gasteiger charge is 2.05. The van der Waals surface area contributed by atoms with Gasteiger partial charge in [-0.25, -0.2) is 4.98 Å². The second-order valence-corrected chi connectivity index (χ2v) is 5.92. The van der Waals surface area contributed by atoms with E-state index in [2.05, 4.69) is 77.3 Å². The maximum atomic E-state index is 4.66. The molecule has 0 saturated carbocycles. The number of allylic oxidation sites excluding steroid dienone is 1. The summed E-state index contributed by atoms with van der Waals surface area (Å²) in [7, 11) is 4.10. The summed E-state index contributed by atoms with van der Waals surface area (Å²) in [6.07, 6.45) is 2.16. The van der Waals surface area contributed by atoms with Crippen molar-refractivity contribution in [2.75, 3.05) is 19.0 Å². The molecular formula is C19H21N3. The first-order chi connectivity index (χ1) is 10.5. The quantitative estimate of drug-likeness (QED) is 0.770. The fourth-order valence-electron chi connectivity index (χ4n) is 2.50. The van der Waals surface area contributed by atoms with Gasteiger partial charge in [-0.15, -0.1) is 0 Å². The third kappa shape index (κ3) is 2.89. The highest BCUT2D eigenvalue weighted by molar-refractivity contribution is 5.83. The number of imidazole rings is 1. The highest BCUT2D eigenvalue weighted by Crippen LogP contribution is 2.21. The molecule has 0 saturated heterocycles. The van der Waals surface area contributed by atoms with Crippen LogP contribution in [0.3, 0.4) is 0 Å². The van der Waals surface area contributed by atoms with E-state index in [0.717, 1.165) is 22.4 Å². The minimum Gasteiger partial charge on any atom is -0.378 e. The van der Waals surface area contributed by atoms with Gasteiger partial charge in [-0.05, 0) is 60.9 Å². The van der Waals surface area contributed by atoms with Crippen LogP contribution >= 0.6 is 0 Å². The number of nitrogens with one attached hydrogen (secondary N) is 1. The maximum absolute atomic E-state index is 4.66. The number of H-pyrrole nitrogens is 1. The van der Waals surface area contributed by atoms with Crippen LogP contribution in [-0.4, -0.2) is 24.1 Å². The number of fused-ring (bicyclic) bond motifs is 1. The van der Waals surface area contributed by atoms with Gasteiger partial charge >= 0.3 is 0 Å². The molecule has 0 aliphatic carbocycles. The van der Waals surface area contributed by atoms with Crippen LogP contribution in [-0.2, 0) is 0 Å². The molecule has 3 aromatic rings. The van der Waals surface area contributed by atoms with Gasteiger partial charge in [-0.3, -0.25) is 0 Å². The van der Waals surface area contributed by atoms with Crippen molar-refractivity contribution in [1.29, 1.82) is 0 Å². The lowest BCUT2D eigenvalue weighted by atomic mass is 10.1. The number of aryl methyl sites for hydroxylation is 1. The van der Waals surface area contributed by atoms with Crippen LogP contribution in [0.5, 0.6) is 0 Å². The molecular weight excluding hydrogens is 270 g/mol. The molecule has 1 aromatic heterocycles.